The summed E-state index contributed by atoms with van der Waals surface area (Å²) in [4.78, 5) is 4.49. The van der Waals surface area contributed by atoms with Crippen molar-refractivity contribution >= 4 is 21.6 Å². The molecular formula is C10H12N2S. The molecule has 68 valence electrons. The highest BCUT2D eigenvalue weighted by molar-refractivity contribution is 7.18. The van der Waals surface area contributed by atoms with Crippen LogP contribution in [0.15, 0.2) is 18.2 Å². The first-order valence-corrected chi connectivity index (χ1v) is 5.18. The summed E-state index contributed by atoms with van der Waals surface area (Å²) in [7, 11) is 0. The van der Waals surface area contributed by atoms with Gasteiger partial charge in [0.25, 0.3) is 0 Å². The maximum Gasteiger partial charge on any atom is 0.0907 e. The first kappa shape index (κ1) is 8.66. The molecule has 0 bridgehead atoms. The van der Waals surface area contributed by atoms with Gasteiger partial charge in [0.15, 0.2) is 0 Å². The van der Waals surface area contributed by atoms with Crippen LogP contribution in [0.25, 0.3) is 10.2 Å². The van der Waals surface area contributed by atoms with E-state index in [9.17, 15) is 0 Å². The predicted octanol–water partition coefficient (Wildman–Crippen LogP) is 2.11. The Labute approximate surface area is 81.4 Å². The highest BCUT2D eigenvalue weighted by atomic mass is 32.1. The average Bonchev–Trinajstić information content (AvgIpc) is 2.47. The van der Waals surface area contributed by atoms with Gasteiger partial charge in [0.1, 0.15) is 0 Å². The van der Waals surface area contributed by atoms with Gasteiger partial charge in [0, 0.05) is 0 Å². The van der Waals surface area contributed by atoms with Crippen molar-refractivity contribution in [2.24, 2.45) is 5.73 Å². The summed E-state index contributed by atoms with van der Waals surface area (Å²) >= 11 is 1.74. The van der Waals surface area contributed by atoms with Gasteiger partial charge in [-0.15, -0.1) is 11.3 Å². The summed E-state index contributed by atoms with van der Waals surface area (Å²) < 4.78 is 1.27. The molecule has 0 spiro atoms. The second kappa shape index (κ2) is 3.44. The quantitative estimate of drug-likeness (QED) is 0.791. The number of hydrogen-bond donors (Lipinski definition) is 1. The van der Waals surface area contributed by atoms with E-state index in [0.29, 0.717) is 6.54 Å². The lowest BCUT2D eigenvalue weighted by Gasteiger charge is -1.98. The van der Waals surface area contributed by atoms with E-state index in [-0.39, 0.29) is 0 Å². The molecule has 1 aromatic heterocycles. The highest BCUT2D eigenvalue weighted by Gasteiger charge is 2.04. The normalized spacial score (nSPS) is 10.9. The van der Waals surface area contributed by atoms with E-state index in [1.807, 2.05) is 6.92 Å². The van der Waals surface area contributed by atoms with Gasteiger partial charge in [0.05, 0.1) is 15.2 Å². The molecule has 0 saturated carbocycles. The van der Waals surface area contributed by atoms with E-state index in [1.54, 1.807) is 11.3 Å². The van der Waals surface area contributed by atoms with E-state index in [2.05, 4.69) is 23.2 Å². The SMILES string of the molecule is Cc1nc2c(CCN)cccc2s1. The number of hydrogen-bond acceptors (Lipinski definition) is 3. The molecule has 2 nitrogen and oxygen atoms in total. The van der Waals surface area contributed by atoms with Crippen molar-refractivity contribution in [3.8, 4) is 0 Å². The van der Waals surface area contributed by atoms with Gasteiger partial charge in [-0.2, -0.15) is 0 Å². The van der Waals surface area contributed by atoms with Gasteiger partial charge in [0.2, 0.25) is 0 Å². The van der Waals surface area contributed by atoms with Gasteiger partial charge in [-0.1, -0.05) is 12.1 Å². The van der Waals surface area contributed by atoms with Crippen molar-refractivity contribution in [1.82, 2.24) is 4.98 Å². The summed E-state index contributed by atoms with van der Waals surface area (Å²) in [5.41, 5.74) is 7.94. The molecule has 2 N–H and O–H groups in total. The van der Waals surface area contributed by atoms with E-state index >= 15 is 0 Å². The summed E-state index contributed by atoms with van der Waals surface area (Å²) in [5.74, 6) is 0. The Morgan fingerprint density at radius 2 is 2.31 bits per heavy atom. The first-order valence-electron chi connectivity index (χ1n) is 4.36. The maximum absolute atomic E-state index is 5.53. The number of rotatable bonds is 2. The van der Waals surface area contributed by atoms with Crippen LogP contribution >= 0.6 is 11.3 Å². The number of nitrogens with two attached hydrogens (primary N) is 1. The standard InChI is InChI=1S/C10H12N2S/c1-7-12-10-8(5-6-11)3-2-4-9(10)13-7/h2-4H,5-6,11H2,1H3. The number of aromatic nitrogens is 1. The molecule has 13 heavy (non-hydrogen) atoms. The van der Waals surface area contributed by atoms with Gasteiger partial charge >= 0.3 is 0 Å². The Morgan fingerprint density at radius 1 is 1.46 bits per heavy atom. The van der Waals surface area contributed by atoms with Crippen molar-refractivity contribution in [2.75, 3.05) is 6.54 Å². The molecule has 0 unspecified atom stereocenters. The number of para-hydroxylation sites is 1. The van der Waals surface area contributed by atoms with Crippen LogP contribution in [0.5, 0.6) is 0 Å². The van der Waals surface area contributed by atoms with Crippen LogP contribution in [-0.4, -0.2) is 11.5 Å². The Balaban J connectivity index is 2.60. The van der Waals surface area contributed by atoms with Crippen molar-refractivity contribution in [2.45, 2.75) is 13.3 Å². The topological polar surface area (TPSA) is 38.9 Å². The minimum atomic E-state index is 0.690. The fourth-order valence-electron chi connectivity index (χ4n) is 1.47. The molecule has 0 amide bonds. The second-order valence-corrected chi connectivity index (χ2v) is 4.27. The van der Waals surface area contributed by atoms with E-state index in [1.165, 1.54) is 10.3 Å². The third kappa shape index (κ3) is 1.57. The fourth-order valence-corrected chi connectivity index (χ4v) is 2.35. The molecule has 0 atom stereocenters. The summed E-state index contributed by atoms with van der Waals surface area (Å²) in [6.45, 7) is 2.73. The van der Waals surface area contributed by atoms with E-state index in [0.717, 1.165) is 16.9 Å². The minimum Gasteiger partial charge on any atom is -0.330 e. The summed E-state index contributed by atoms with van der Waals surface area (Å²) in [6, 6.07) is 6.29. The number of fused-ring (bicyclic) bond motifs is 1. The second-order valence-electron chi connectivity index (χ2n) is 3.04. The molecule has 2 aromatic rings. The largest absolute Gasteiger partial charge is 0.330 e. The van der Waals surface area contributed by atoms with Gasteiger partial charge in [-0.25, -0.2) is 4.98 Å². The maximum atomic E-state index is 5.53. The van der Waals surface area contributed by atoms with Gasteiger partial charge in [-0.3, -0.25) is 0 Å². The third-order valence-corrected chi connectivity index (χ3v) is 2.96. The summed E-state index contributed by atoms with van der Waals surface area (Å²) in [6.07, 6.45) is 0.917. The van der Waals surface area contributed by atoms with Crippen LogP contribution in [0.1, 0.15) is 10.6 Å². The minimum absolute atomic E-state index is 0.690. The lowest BCUT2D eigenvalue weighted by molar-refractivity contribution is 0.974. The molecule has 1 aromatic carbocycles. The van der Waals surface area contributed by atoms with Crippen LogP contribution < -0.4 is 5.73 Å². The lowest BCUT2D eigenvalue weighted by Crippen LogP contribution is -2.02. The Bertz CT molecular complexity index is 420. The number of thiazole rings is 1. The van der Waals surface area contributed by atoms with Crippen LogP contribution in [-0.2, 0) is 6.42 Å². The smallest absolute Gasteiger partial charge is 0.0907 e. The molecule has 1 heterocycles. The highest BCUT2D eigenvalue weighted by Crippen LogP contribution is 2.24. The van der Waals surface area contributed by atoms with Gasteiger partial charge in [-0.05, 0) is 31.5 Å². The zero-order valence-corrected chi connectivity index (χ0v) is 8.40. The summed E-state index contributed by atoms with van der Waals surface area (Å²) in [5, 5.41) is 1.12. The molecule has 0 aliphatic rings. The number of nitrogens with zero attached hydrogens (tertiary/aromatic N) is 1. The Hall–Kier alpha value is -0.930. The number of aryl methyl sites for hydroxylation is 1. The van der Waals surface area contributed by atoms with Crippen molar-refractivity contribution in [1.29, 1.82) is 0 Å². The molecule has 0 aliphatic heterocycles. The van der Waals surface area contributed by atoms with Crippen LogP contribution in [0.2, 0.25) is 0 Å². The average molecular weight is 192 g/mol. The van der Waals surface area contributed by atoms with E-state index in [4.69, 9.17) is 5.73 Å². The Morgan fingerprint density at radius 3 is 3.08 bits per heavy atom. The molecule has 0 aliphatic carbocycles. The van der Waals surface area contributed by atoms with Crippen LogP contribution in [0.3, 0.4) is 0 Å². The number of benzene rings is 1. The van der Waals surface area contributed by atoms with Crippen molar-refractivity contribution < 1.29 is 0 Å². The van der Waals surface area contributed by atoms with Crippen LogP contribution in [0, 0.1) is 6.92 Å². The third-order valence-electron chi connectivity index (χ3n) is 2.02. The predicted molar refractivity (Wildman–Crippen MR) is 57.1 cm³/mol. The molecule has 2 rings (SSSR count). The Kier molecular flexibility index (Phi) is 2.29. The zero-order chi connectivity index (χ0) is 9.26. The molecule has 0 fully saturated rings. The van der Waals surface area contributed by atoms with Gasteiger partial charge < -0.3 is 5.73 Å². The molecule has 0 radical (unpaired) electrons. The van der Waals surface area contributed by atoms with Crippen LogP contribution in [0.4, 0.5) is 0 Å². The monoisotopic (exact) mass is 192 g/mol. The lowest BCUT2D eigenvalue weighted by atomic mass is 10.1. The zero-order valence-electron chi connectivity index (χ0n) is 7.58. The van der Waals surface area contributed by atoms with Crippen molar-refractivity contribution in [3.05, 3.63) is 28.8 Å². The molecule has 3 heteroatoms. The fraction of sp³-hybridized carbons (Fsp3) is 0.300. The molecular weight excluding hydrogens is 180 g/mol. The van der Waals surface area contributed by atoms with E-state index < -0.39 is 0 Å². The molecule has 0 saturated heterocycles. The van der Waals surface area contributed by atoms with Crippen molar-refractivity contribution in [3.63, 3.8) is 0 Å². The first-order chi connectivity index (χ1) is 6.31.